The lowest BCUT2D eigenvalue weighted by molar-refractivity contribution is 0.0873. The Morgan fingerprint density at radius 1 is 1.44 bits per heavy atom. The second-order valence-electron chi connectivity index (χ2n) is 6.55. The Labute approximate surface area is 145 Å². The van der Waals surface area contributed by atoms with Crippen LogP contribution in [0.5, 0.6) is 5.75 Å². The van der Waals surface area contributed by atoms with Crippen molar-refractivity contribution in [3.8, 4) is 5.75 Å². The second kappa shape index (κ2) is 6.51. The first kappa shape index (κ1) is 16.1. The molecule has 1 saturated carbocycles. The summed E-state index contributed by atoms with van der Waals surface area (Å²) in [7, 11) is 0. The summed E-state index contributed by atoms with van der Waals surface area (Å²) in [6.45, 7) is 5.40. The van der Waals surface area contributed by atoms with Gasteiger partial charge in [0.05, 0.1) is 37.3 Å². The summed E-state index contributed by atoms with van der Waals surface area (Å²) in [5.41, 5.74) is 0.625. The van der Waals surface area contributed by atoms with Crippen molar-refractivity contribution < 1.29 is 18.7 Å². The van der Waals surface area contributed by atoms with Gasteiger partial charge >= 0.3 is 0 Å². The number of aryl methyl sites for hydroxylation is 2. The third-order valence-corrected chi connectivity index (χ3v) is 4.51. The first-order chi connectivity index (χ1) is 12.1. The monoisotopic (exact) mass is 346 g/mol. The van der Waals surface area contributed by atoms with E-state index in [1.165, 1.54) is 0 Å². The van der Waals surface area contributed by atoms with E-state index in [9.17, 15) is 4.79 Å². The molecule has 0 aromatic carbocycles. The molecule has 1 aliphatic carbocycles. The molecule has 1 N–H and O–H groups in total. The van der Waals surface area contributed by atoms with Gasteiger partial charge in [0.25, 0.3) is 5.91 Å². The van der Waals surface area contributed by atoms with Crippen LogP contribution in [0.2, 0.25) is 0 Å². The van der Waals surface area contributed by atoms with E-state index in [-0.39, 0.29) is 23.8 Å². The summed E-state index contributed by atoms with van der Waals surface area (Å²) in [5, 5.41) is 7.14. The molecule has 2 fully saturated rings. The lowest BCUT2D eigenvalue weighted by Crippen LogP contribution is -2.45. The maximum Gasteiger partial charge on any atom is 0.289 e. The van der Waals surface area contributed by atoms with Crippen molar-refractivity contribution in [2.75, 3.05) is 13.2 Å². The zero-order valence-electron chi connectivity index (χ0n) is 14.4. The SMILES string of the molecule is CCn1cc(O[C@@H]2COC[C@@H]2NC(=O)c2oc(C3CC3)nc2C)cn1. The zero-order valence-corrected chi connectivity index (χ0v) is 14.4. The average molecular weight is 346 g/mol. The van der Waals surface area contributed by atoms with Gasteiger partial charge in [0.15, 0.2) is 11.6 Å². The minimum absolute atomic E-state index is 0.244. The van der Waals surface area contributed by atoms with Crippen molar-refractivity contribution in [2.24, 2.45) is 0 Å². The van der Waals surface area contributed by atoms with Gasteiger partial charge in [-0.1, -0.05) is 0 Å². The second-order valence-corrected chi connectivity index (χ2v) is 6.55. The fourth-order valence-electron chi connectivity index (χ4n) is 2.91. The average Bonchev–Trinajstić information content (AvgIpc) is 3.01. The molecular formula is C17H22N4O4. The first-order valence-electron chi connectivity index (χ1n) is 8.69. The molecule has 3 heterocycles. The van der Waals surface area contributed by atoms with Gasteiger partial charge in [-0.15, -0.1) is 0 Å². The van der Waals surface area contributed by atoms with E-state index >= 15 is 0 Å². The summed E-state index contributed by atoms with van der Waals surface area (Å²) in [4.78, 5) is 16.9. The highest BCUT2D eigenvalue weighted by Gasteiger charge is 2.35. The molecule has 8 nitrogen and oxygen atoms in total. The number of nitrogens with one attached hydrogen (secondary N) is 1. The van der Waals surface area contributed by atoms with E-state index in [1.807, 2.05) is 13.1 Å². The Kier molecular flexibility index (Phi) is 4.20. The van der Waals surface area contributed by atoms with Crippen molar-refractivity contribution in [3.05, 3.63) is 29.7 Å². The van der Waals surface area contributed by atoms with Crippen molar-refractivity contribution in [1.29, 1.82) is 0 Å². The fraction of sp³-hybridized carbons (Fsp3) is 0.588. The number of aromatic nitrogens is 3. The van der Waals surface area contributed by atoms with Crippen LogP contribution < -0.4 is 10.1 Å². The van der Waals surface area contributed by atoms with E-state index in [0.29, 0.717) is 36.5 Å². The quantitative estimate of drug-likeness (QED) is 0.855. The smallest absolute Gasteiger partial charge is 0.289 e. The van der Waals surface area contributed by atoms with Gasteiger partial charge in [-0.3, -0.25) is 9.48 Å². The Morgan fingerprint density at radius 3 is 3.00 bits per heavy atom. The van der Waals surface area contributed by atoms with E-state index in [0.717, 1.165) is 19.4 Å². The van der Waals surface area contributed by atoms with Gasteiger partial charge in [0, 0.05) is 12.5 Å². The number of amides is 1. The molecule has 1 saturated heterocycles. The van der Waals surface area contributed by atoms with Crippen LogP contribution in [0.1, 0.15) is 47.8 Å². The first-order valence-corrected chi connectivity index (χ1v) is 8.69. The summed E-state index contributed by atoms with van der Waals surface area (Å²) < 4.78 is 18.9. The van der Waals surface area contributed by atoms with E-state index in [1.54, 1.807) is 17.8 Å². The van der Waals surface area contributed by atoms with Crippen molar-refractivity contribution in [3.63, 3.8) is 0 Å². The topological polar surface area (TPSA) is 91.4 Å². The maximum atomic E-state index is 12.6. The highest BCUT2D eigenvalue weighted by molar-refractivity contribution is 5.92. The summed E-state index contributed by atoms with van der Waals surface area (Å²) in [6.07, 6.45) is 5.41. The predicted molar refractivity (Wildman–Crippen MR) is 87.6 cm³/mol. The normalized spacial score (nSPS) is 23.0. The van der Waals surface area contributed by atoms with Crippen LogP contribution in [0, 0.1) is 6.92 Å². The predicted octanol–water partition coefficient (Wildman–Crippen LogP) is 1.65. The summed E-state index contributed by atoms with van der Waals surface area (Å²) >= 11 is 0. The third kappa shape index (κ3) is 3.39. The van der Waals surface area contributed by atoms with E-state index in [2.05, 4.69) is 15.4 Å². The van der Waals surface area contributed by atoms with Crippen LogP contribution in [0.25, 0.3) is 0 Å². The highest BCUT2D eigenvalue weighted by atomic mass is 16.5. The van der Waals surface area contributed by atoms with Crippen LogP contribution >= 0.6 is 0 Å². The minimum Gasteiger partial charge on any atom is -0.482 e. The van der Waals surface area contributed by atoms with Gasteiger partial charge in [0.1, 0.15) is 6.10 Å². The van der Waals surface area contributed by atoms with Crippen molar-refractivity contribution in [1.82, 2.24) is 20.1 Å². The molecule has 0 spiro atoms. The molecule has 0 bridgehead atoms. The largest absolute Gasteiger partial charge is 0.482 e. The molecule has 8 heteroatoms. The number of ether oxygens (including phenoxy) is 2. The van der Waals surface area contributed by atoms with Crippen LogP contribution in [-0.2, 0) is 11.3 Å². The minimum atomic E-state index is -0.273. The Morgan fingerprint density at radius 2 is 2.28 bits per heavy atom. The van der Waals surface area contributed by atoms with Gasteiger partial charge in [-0.05, 0) is 26.7 Å². The lowest BCUT2D eigenvalue weighted by atomic mass is 10.2. The molecule has 2 aromatic heterocycles. The van der Waals surface area contributed by atoms with Crippen LogP contribution in [-0.4, -0.2) is 46.0 Å². The van der Waals surface area contributed by atoms with Crippen molar-refractivity contribution in [2.45, 2.75) is 51.3 Å². The third-order valence-electron chi connectivity index (χ3n) is 4.51. The van der Waals surface area contributed by atoms with Crippen LogP contribution in [0.3, 0.4) is 0 Å². The molecule has 2 atom stereocenters. The van der Waals surface area contributed by atoms with Gasteiger partial charge in [0.2, 0.25) is 5.76 Å². The number of rotatable bonds is 6. The van der Waals surface area contributed by atoms with Crippen molar-refractivity contribution >= 4 is 5.91 Å². The molecular weight excluding hydrogens is 324 g/mol. The molecule has 2 aromatic rings. The van der Waals surface area contributed by atoms with Gasteiger partial charge in [-0.2, -0.15) is 5.10 Å². The Balaban J connectivity index is 1.41. The number of carbonyl (C=O) groups excluding carboxylic acids is 1. The summed E-state index contributed by atoms with van der Waals surface area (Å²) in [6, 6.07) is -0.244. The number of carbonyl (C=O) groups is 1. The van der Waals surface area contributed by atoms with Gasteiger partial charge in [-0.25, -0.2) is 4.98 Å². The molecule has 1 aliphatic heterocycles. The van der Waals surface area contributed by atoms with Crippen LogP contribution in [0.4, 0.5) is 0 Å². The van der Waals surface area contributed by atoms with Gasteiger partial charge < -0.3 is 19.2 Å². The Bertz CT molecular complexity index is 765. The molecule has 134 valence electrons. The number of nitrogens with zero attached hydrogens (tertiary/aromatic N) is 3. The van der Waals surface area contributed by atoms with E-state index in [4.69, 9.17) is 13.9 Å². The highest BCUT2D eigenvalue weighted by Crippen LogP contribution is 2.40. The lowest BCUT2D eigenvalue weighted by Gasteiger charge is -2.19. The maximum absolute atomic E-state index is 12.6. The molecule has 1 amide bonds. The standard InChI is InChI=1S/C17H22N4O4/c1-3-21-7-12(6-18-21)24-14-9-23-8-13(14)20-16(22)15-10(2)19-17(25-15)11-4-5-11/h6-7,11,13-14H,3-5,8-9H2,1-2H3,(H,20,22)/t13-,14+/m0/s1. The zero-order chi connectivity index (χ0) is 17.4. The van der Waals surface area contributed by atoms with E-state index < -0.39 is 0 Å². The number of hydrogen-bond acceptors (Lipinski definition) is 6. The molecule has 0 radical (unpaired) electrons. The Hall–Kier alpha value is -2.35. The number of oxazole rings is 1. The molecule has 25 heavy (non-hydrogen) atoms. The molecule has 2 aliphatic rings. The van der Waals surface area contributed by atoms with Crippen LogP contribution in [0.15, 0.2) is 16.8 Å². The molecule has 0 unspecified atom stereocenters. The fourth-order valence-corrected chi connectivity index (χ4v) is 2.91. The molecule has 4 rings (SSSR count). The number of hydrogen-bond donors (Lipinski definition) is 1. The summed E-state index contributed by atoms with van der Waals surface area (Å²) in [5.74, 6) is 1.73.